The number of carboxylic acids is 1. The highest BCUT2D eigenvalue weighted by molar-refractivity contribution is 5.69. The zero-order chi connectivity index (χ0) is 13.7. The minimum absolute atomic E-state index is 0.121. The van der Waals surface area contributed by atoms with E-state index in [1.165, 1.54) is 6.07 Å². The summed E-state index contributed by atoms with van der Waals surface area (Å²) in [6, 6.07) is 6.88. The van der Waals surface area contributed by atoms with E-state index >= 15 is 0 Å². The van der Waals surface area contributed by atoms with Gasteiger partial charge in [-0.05, 0) is 49.8 Å². The molecule has 104 valence electrons. The number of likely N-dealkylation sites (tertiary alicyclic amines) is 1. The summed E-state index contributed by atoms with van der Waals surface area (Å²) >= 11 is 0. The van der Waals surface area contributed by atoms with Crippen molar-refractivity contribution in [3.8, 4) is 0 Å². The van der Waals surface area contributed by atoms with Crippen LogP contribution in [0.2, 0.25) is 0 Å². The third kappa shape index (κ3) is 4.31. The number of piperidine rings is 1. The number of aliphatic carboxylic acids is 1. The Morgan fingerprint density at radius 2 is 2.21 bits per heavy atom. The molecule has 0 unspecified atom stereocenters. The van der Waals surface area contributed by atoms with Gasteiger partial charge in [0.25, 0.3) is 0 Å². The average Bonchev–Trinajstić information content (AvgIpc) is 2.37. The maximum Gasteiger partial charge on any atom is 0.317 e. The predicted octanol–water partition coefficient (Wildman–Crippen LogP) is 2.55. The Morgan fingerprint density at radius 1 is 1.42 bits per heavy atom. The highest BCUT2D eigenvalue weighted by atomic mass is 19.1. The molecule has 1 saturated heterocycles. The zero-order valence-corrected chi connectivity index (χ0v) is 11.0. The second-order valence-electron chi connectivity index (χ2n) is 5.27. The number of hydrogen-bond donors (Lipinski definition) is 1. The van der Waals surface area contributed by atoms with E-state index in [0.29, 0.717) is 5.92 Å². The van der Waals surface area contributed by atoms with Crippen LogP contribution in [0.5, 0.6) is 0 Å². The molecule has 1 aliphatic heterocycles. The maximum absolute atomic E-state index is 13.5. The number of benzene rings is 1. The molecule has 0 spiro atoms. The zero-order valence-electron chi connectivity index (χ0n) is 11.0. The molecule has 2 rings (SSSR count). The molecule has 1 aromatic rings. The monoisotopic (exact) mass is 265 g/mol. The number of carbonyl (C=O) groups is 1. The van der Waals surface area contributed by atoms with Crippen molar-refractivity contribution in [2.45, 2.75) is 25.7 Å². The van der Waals surface area contributed by atoms with Gasteiger partial charge in [0.2, 0.25) is 0 Å². The van der Waals surface area contributed by atoms with Gasteiger partial charge in [0.05, 0.1) is 6.54 Å². The van der Waals surface area contributed by atoms with Gasteiger partial charge >= 0.3 is 5.97 Å². The average molecular weight is 265 g/mol. The summed E-state index contributed by atoms with van der Waals surface area (Å²) in [4.78, 5) is 12.7. The normalized spacial score (nSPS) is 20.4. The molecule has 0 radical (unpaired) electrons. The Balaban J connectivity index is 1.82. The van der Waals surface area contributed by atoms with Crippen LogP contribution >= 0.6 is 0 Å². The lowest BCUT2D eigenvalue weighted by Gasteiger charge is -2.31. The maximum atomic E-state index is 13.5. The number of hydrogen-bond acceptors (Lipinski definition) is 2. The van der Waals surface area contributed by atoms with Crippen LogP contribution < -0.4 is 0 Å². The standard InChI is InChI=1S/C15H20FNO2/c16-14-6-2-1-5-13(14)8-7-12-4-3-9-17(10-12)11-15(18)19/h1-2,5-6,12H,3-4,7-11H2,(H,18,19)/t12-/m1/s1. The minimum atomic E-state index is -0.769. The van der Waals surface area contributed by atoms with E-state index in [2.05, 4.69) is 0 Å². The lowest BCUT2D eigenvalue weighted by Crippen LogP contribution is -2.38. The van der Waals surface area contributed by atoms with Crippen LogP contribution in [0, 0.1) is 11.7 Å². The van der Waals surface area contributed by atoms with E-state index < -0.39 is 5.97 Å². The SMILES string of the molecule is O=C(O)CN1CCC[C@H](CCc2ccccc2F)C1. The van der Waals surface area contributed by atoms with Gasteiger partial charge in [-0.15, -0.1) is 0 Å². The fraction of sp³-hybridized carbons (Fsp3) is 0.533. The number of rotatable bonds is 5. The van der Waals surface area contributed by atoms with Crippen molar-refractivity contribution < 1.29 is 14.3 Å². The second kappa shape index (κ2) is 6.66. The van der Waals surface area contributed by atoms with E-state index in [1.54, 1.807) is 6.07 Å². The van der Waals surface area contributed by atoms with Crippen molar-refractivity contribution in [2.75, 3.05) is 19.6 Å². The van der Waals surface area contributed by atoms with Gasteiger partial charge in [0.15, 0.2) is 0 Å². The van der Waals surface area contributed by atoms with Gasteiger partial charge in [0.1, 0.15) is 5.82 Å². The smallest absolute Gasteiger partial charge is 0.317 e. The Kier molecular flexibility index (Phi) is 4.91. The van der Waals surface area contributed by atoms with Crippen LogP contribution in [-0.2, 0) is 11.2 Å². The van der Waals surface area contributed by atoms with Crippen molar-refractivity contribution in [1.82, 2.24) is 4.90 Å². The van der Waals surface area contributed by atoms with Gasteiger partial charge in [-0.2, -0.15) is 0 Å². The fourth-order valence-corrected chi connectivity index (χ4v) is 2.78. The number of halogens is 1. The van der Waals surface area contributed by atoms with Crippen LogP contribution in [0.3, 0.4) is 0 Å². The Morgan fingerprint density at radius 3 is 2.95 bits per heavy atom. The minimum Gasteiger partial charge on any atom is -0.480 e. The second-order valence-corrected chi connectivity index (χ2v) is 5.27. The molecular formula is C15H20FNO2. The highest BCUT2D eigenvalue weighted by Gasteiger charge is 2.21. The van der Waals surface area contributed by atoms with Crippen molar-refractivity contribution in [3.05, 3.63) is 35.6 Å². The Labute approximate surface area is 113 Å². The van der Waals surface area contributed by atoms with E-state index in [0.717, 1.165) is 44.3 Å². The molecule has 1 fully saturated rings. The van der Waals surface area contributed by atoms with Gasteiger partial charge in [-0.25, -0.2) is 4.39 Å². The van der Waals surface area contributed by atoms with E-state index in [9.17, 15) is 9.18 Å². The summed E-state index contributed by atoms with van der Waals surface area (Å²) in [5, 5.41) is 8.81. The lowest BCUT2D eigenvalue weighted by atomic mass is 9.91. The highest BCUT2D eigenvalue weighted by Crippen LogP contribution is 2.22. The molecule has 0 bridgehead atoms. The molecule has 1 atom stereocenters. The molecule has 4 heteroatoms. The number of nitrogens with zero attached hydrogens (tertiary/aromatic N) is 1. The third-order valence-corrected chi connectivity index (χ3v) is 3.74. The first-order chi connectivity index (χ1) is 9.15. The van der Waals surface area contributed by atoms with E-state index in [-0.39, 0.29) is 12.4 Å². The molecule has 1 heterocycles. The fourth-order valence-electron chi connectivity index (χ4n) is 2.78. The quantitative estimate of drug-likeness (QED) is 0.889. The number of carboxylic acid groups (broad SMARTS) is 1. The topological polar surface area (TPSA) is 40.5 Å². The third-order valence-electron chi connectivity index (χ3n) is 3.74. The molecular weight excluding hydrogens is 245 g/mol. The lowest BCUT2D eigenvalue weighted by molar-refractivity contribution is -0.138. The molecule has 0 saturated carbocycles. The first-order valence-electron chi connectivity index (χ1n) is 6.82. The molecule has 0 amide bonds. The van der Waals surface area contributed by atoms with Gasteiger partial charge < -0.3 is 5.11 Å². The molecule has 3 nitrogen and oxygen atoms in total. The van der Waals surface area contributed by atoms with Crippen LogP contribution in [0.15, 0.2) is 24.3 Å². The first kappa shape index (κ1) is 14.0. The predicted molar refractivity (Wildman–Crippen MR) is 71.5 cm³/mol. The summed E-state index contributed by atoms with van der Waals surface area (Å²) in [6.45, 7) is 1.81. The summed E-state index contributed by atoms with van der Waals surface area (Å²) in [5.74, 6) is -0.428. The first-order valence-corrected chi connectivity index (χ1v) is 6.82. The van der Waals surface area contributed by atoms with Crippen LogP contribution in [0.1, 0.15) is 24.8 Å². The Bertz CT molecular complexity index is 436. The molecule has 1 aliphatic rings. The van der Waals surface area contributed by atoms with Gasteiger partial charge in [0, 0.05) is 6.54 Å². The van der Waals surface area contributed by atoms with Crippen molar-refractivity contribution in [2.24, 2.45) is 5.92 Å². The number of aryl methyl sites for hydroxylation is 1. The Hall–Kier alpha value is -1.42. The van der Waals surface area contributed by atoms with Gasteiger partial charge in [-0.1, -0.05) is 18.2 Å². The van der Waals surface area contributed by atoms with Crippen LogP contribution in [-0.4, -0.2) is 35.6 Å². The molecule has 1 N–H and O–H groups in total. The molecule has 0 aromatic heterocycles. The van der Waals surface area contributed by atoms with Crippen molar-refractivity contribution >= 4 is 5.97 Å². The summed E-state index contributed by atoms with van der Waals surface area (Å²) in [6.07, 6.45) is 3.81. The molecule has 0 aliphatic carbocycles. The largest absolute Gasteiger partial charge is 0.480 e. The molecule has 19 heavy (non-hydrogen) atoms. The summed E-state index contributed by atoms with van der Waals surface area (Å²) in [5.41, 5.74) is 0.762. The van der Waals surface area contributed by atoms with Crippen LogP contribution in [0.4, 0.5) is 4.39 Å². The molecule has 1 aromatic carbocycles. The van der Waals surface area contributed by atoms with Crippen LogP contribution in [0.25, 0.3) is 0 Å². The van der Waals surface area contributed by atoms with E-state index in [4.69, 9.17) is 5.11 Å². The summed E-state index contributed by atoms with van der Waals surface area (Å²) < 4.78 is 13.5. The summed E-state index contributed by atoms with van der Waals surface area (Å²) in [7, 11) is 0. The van der Waals surface area contributed by atoms with E-state index in [1.807, 2.05) is 17.0 Å². The van der Waals surface area contributed by atoms with Crippen molar-refractivity contribution in [1.29, 1.82) is 0 Å². The van der Waals surface area contributed by atoms with Crippen molar-refractivity contribution in [3.63, 3.8) is 0 Å². The van der Waals surface area contributed by atoms with Gasteiger partial charge in [-0.3, -0.25) is 9.69 Å².